The highest BCUT2D eigenvalue weighted by Gasteiger charge is 2.36. The number of thioether (sulfide) groups is 1. The zero-order chi connectivity index (χ0) is 12.1. The van der Waals surface area contributed by atoms with Gasteiger partial charge in [0, 0.05) is 18.1 Å². The minimum atomic E-state index is -0.776. The summed E-state index contributed by atoms with van der Waals surface area (Å²) in [5.74, 6) is -0.301. The zero-order valence-electron chi connectivity index (χ0n) is 9.06. The number of barbiturate groups is 1. The molecule has 0 saturated carbocycles. The molecule has 0 spiro atoms. The van der Waals surface area contributed by atoms with Crippen molar-refractivity contribution in [3.8, 4) is 0 Å². The molecule has 4 amide bonds. The number of imide groups is 2. The summed E-state index contributed by atoms with van der Waals surface area (Å²) >= 11 is 1.58. The van der Waals surface area contributed by atoms with E-state index in [9.17, 15) is 14.4 Å². The Balaban J connectivity index is 2.51. The lowest BCUT2D eigenvalue weighted by Gasteiger charge is -2.28. The molecule has 16 heavy (non-hydrogen) atoms. The van der Waals surface area contributed by atoms with Crippen LogP contribution in [0.1, 0.15) is 6.92 Å². The second-order valence-electron chi connectivity index (χ2n) is 3.37. The van der Waals surface area contributed by atoms with E-state index in [1.165, 1.54) is 6.92 Å². The number of carbonyl (C=O) groups excluding carboxylic acids is 3. The molecular weight excluding hydrogens is 228 g/mol. The van der Waals surface area contributed by atoms with Crippen molar-refractivity contribution in [2.24, 2.45) is 5.92 Å². The standard InChI is InChI=1S/C10H14N2O3S/c1-3-5-16-6-4-12-9(14)7(2)8(13)11-10(12)15/h3,7H,1,4-6H2,2H3,(H,11,13,15). The largest absolute Gasteiger partial charge is 0.330 e. The van der Waals surface area contributed by atoms with E-state index >= 15 is 0 Å². The number of hydrogen-bond acceptors (Lipinski definition) is 4. The second kappa shape index (κ2) is 5.69. The van der Waals surface area contributed by atoms with Crippen molar-refractivity contribution < 1.29 is 14.4 Å². The van der Waals surface area contributed by atoms with Crippen LogP contribution in [-0.2, 0) is 9.59 Å². The van der Waals surface area contributed by atoms with Gasteiger partial charge in [-0.05, 0) is 6.92 Å². The summed E-state index contributed by atoms with van der Waals surface area (Å²) in [7, 11) is 0. The molecule has 1 unspecified atom stereocenters. The van der Waals surface area contributed by atoms with Crippen LogP contribution in [0.2, 0.25) is 0 Å². The van der Waals surface area contributed by atoms with Gasteiger partial charge < -0.3 is 0 Å². The molecule has 0 radical (unpaired) electrons. The fourth-order valence-corrected chi connectivity index (χ4v) is 1.91. The number of nitrogens with zero attached hydrogens (tertiary/aromatic N) is 1. The van der Waals surface area contributed by atoms with Gasteiger partial charge in [0.2, 0.25) is 11.8 Å². The van der Waals surface area contributed by atoms with E-state index < -0.39 is 23.8 Å². The highest BCUT2D eigenvalue weighted by atomic mass is 32.2. The van der Waals surface area contributed by atoms with Crippen LogP contribution in [0.25, 0.3) is 0 Å². The number of carbonyl (C=O) groups is 3. The summed E-state index contributed by atoms with van der Waals surface area (Å²) in [5.41, 5.74) is 0. The first kappa shape index (κ1) is 12.8. The van der Waals surface area contributed by atoms with Crippen molar-refractivity contribution in [2.75, 3.05) is 18.1 Å². The predicted octanol–water partition coefficient (Wildman–Crippen LogP) is 0.620. The van der Waals surface area contributed by atoms with Crippen molar-refractivity contribution in [1.82, 2.24) is 10.2 Å². The summed E-state index contributed by atoms with van der Waals surface area (Å²) < 4.78 is 0. The summed E-state index contributed by atoms with van der Waals surface area (Å²) in [6, 6.07) is -0.618. The lowest BCUT2D eigenvalue weighted by atomic mass is 10.1. The van der Waals surface area contributed by atoms with Gasteiger partial charge in [-0.25, -0.2) is 4.79 Å². The third-order valence-corrected chi connectivity index (χ3v) is 3.14. The molecule has 6 heteroatoms. The molecule has 1 N–H and O–H groups in total. The lowest BCUT2D eigenvalue weighted by Crippen LogP contribution is -2.57. The zero-order valence-corrected chi connectivity index (χ0v) is 9.88. The number of nitrogens with one attached hydrogen (secondary N) is 1. The molecule has 0 aliphatic carbocycles. The van der Waals surface area contributed by atoms with E-state index in [2.05, 4.69) is 11.9 Å². The highest BCUT2D eigenvalue weighted by molar-refractivity contribution is 7.99. The van der Waals surface area contributed by atoms with Gasteiger partial charge in [0.1, 0.15) is 5.92 Å². The van der Waals surface area contributed by atoms with E-state index in [1.807, 2.05) is 0 Å². The van der Waals surface area contributed by atoms with E-state index in [0.717, 1.165) is 10.7 Å². The maximum Gasteiger partial charge on any atom is 0.330 e. The molecule has 1 aliphatic heterocycles. The van der Waals surface area contributed by atoms with Crippen LogP contribution in [0.15, 0.2) is 12.7 Å². The van der Waals surface area contributed by atoms with Crippen molar-refractivity contribution in [1.29, 1.82) is 0 Å². The van der Waals surface area contributed by atoms with Gasteiger partial charge in [-0.3, -0.25) is 19.8 Å². The van der Waals surface area contributed by atoms with Crippen LogP contribution in [0, 0.1) is 5.92 Å². The fraction of sp³-hybridized carbons (Fsp3) is 0.500. The Morgan fingerprint density at radius 1 is 1.50 bits per heavy atom. The van der Waals surface area contributed by atoms with E-state index in [4.69, 9.17) is 0 Å². The van der Waals surface area contributed by atoms with E-state index in [-0.39, 0.29) is 0 Å². The fourth-order valence-electron chi connectivity index (χ4n) is 1.26. The minimum Gasteiger partial charge on any atom is -0.277 e. The number of amides is 4. The smallest absolute Gasteiger partial charge is 0.277 e. The molecule has 0 bridgehead atoms. The molecule has 5 nitrogen and oxygen atoms in total. The van der Waals surface area contributed by atoms with Gasteiger partial charge >= 0.3 is 6.03 Å². The van der Waals surface area contributed by atoms with Crippen molar-refractivity contribution in [2.45, 2.75) is 6.92 Å². The molecule has 1 rings (SSSR count). The Bertz CT molecular complexity index is 330. The van der Waals surface area contributed by atoms with Crippen LogP contribution in [0.4, 0.5) is 4.79 Å². The van der Waals surface area contributed by atoms with Crippen LogP contribution in [0.3, 0.4) is 0 Å². The average Bonchev–Trinajstić information content (AvgIpc) is 2.25. The molecule has 1 aliphatic rings. The van der Waals surface area contributed by atoms with Crippen LogP contribution >= 0.6 is 11.8 Å². The van der Waals surface area contributed by atoms with Gasteiger partial charge in [0.05, 0.1) is 0 Å². The molecular formula is C10H14N2O3S. The third kappa shape index (κ3) is 2.85. The minimum absolute atomic E-state index is 0.320. The first-order valence-corrected chi connectivity index (χ1v) is 6.08. The van der Waals surface area contributed by atoms with Crippen molar-refractivity contribution >= 4 is 29.6 Å². The molecule has 0 aromatic rings. The molecule has 0 aromatic carbocycles. The number of rotatable bonds is 5. The Labute approximate surface area is 98.2 Å². The second-order valence-corrected chi connectivity index (χ2v) is 4.52. The highest BCUT2D eigenvalue weighted by Crippen LogP contribution is 2.11. The molecule has 0 aromatic heterocycles. The topological polar surface area (TPSA) is 66.5 Å². The van der Waals surface area contributed by atoms with Crippen LogP contribution in [-0.4, -0.2) is 40.8 Å². The van der Waals surface area contributed by atoms with E-state index in [1.54, 1.807) is 17.8 Å². The summed E-state index contributed by atoms with van der Waals surface area (Å²) in [5, 5.41) is 2.15. The molecule has 88 valence electrons. The maximum atomic E-state index is 11.6. The number of urea groups is 1. The van der Waals surface area contributed by atoms with E-state index in [0.29, 0.717) is 12.3 Å². The third-order valence-electron chi connectivity index (χ3n) is 2.20. The first-order valence-electron chi connectivity index (χ1n) is 4.92. The Kier molecular flexibility index (Phi) is 4.54. The predicted molar refractivity (Wildman–Crippen MR) is 61.9 cm³/mol. The lowest BCUT2D eigenvalue weighted by molar-refractivity contribution is -0.141. The summed E-state index contributed by atoms with van der Waals surface area (Å²) in [6.45, 7) is 5.39. The Morgan fingerprint density at radius 3 is 2.81 bits per heavy atom. The van der Waals surface area contributed by atoms with Gasteiger partial charge in [-0.1, -0.05) is 6.08 Å². The monoisotopic (exact) mass is 242 g/mol. The molecule has 1 saturated heterocycles. The van der Waals surface area contributed by atoms with Gasteiger partial charge in [-0.2, -0.15) is 11.8 Å². The van der Waals surface area contributed by atoms with Gasteiger partial charge in [-0.15, -0.1) is 6.58 Å². The van der Waals surface area contributed by atoms with Gasteiger partial charge in [0.15, 0.2) is 0 Å². The number of hydrogen-bond donors (Lipinski definition) is 1. The summed E-state index contributed by atoms with van der Waals surface area (Å²) in [6.07, 6.45) is 1.76. The average molecular weight is 242 g/mol. The quantitative estimate of drug-likeness (QED) is 0.436. The van der Waals surface area contributed by atoms with Gasteiger partial charge in [0.25, 0.3) is 0 Å². The summed E-state index contributed by atoms with van der Waals surface area (Å²) in [4.78, 5) is 35.2. The first-order chi connectivity index (χ1) is 7.57. The Morgan fingerprint density at radius 2 is 2.19 bits per heavy atom. The molecule has 1 fully saturated rings. The van der Waals surface area contributed by atoms with Crippen LogP contribution < -0.4 is 5.32 Å². The Hall–Kier alpha value is -1.30. The normalized spacial score (nSPS) is 20.9. The molecule has 1 atom stereocenters. The van der Waals surface area contributed by atoms with Crippen LogP contribution in [0.5, 0.6) is 0 Å². The maximum absolute atomic E-state index is 11.6. The van der Waals surface area contributed by atoms with Crippen molar-refractivity contribution in [3.63, 3.8) is 0 Å². The van der Waals surface area contributed by atoms with Crippen molar-refractivity contribution in [3.05, 3.63) is 12.7 Å². The molecule has 1 heterocycles. The SMILES string of the molecule is C=CCSCCN1C(=O)NC(=O)C(C)C1=O.